The number of aromatic nitrogens is 2. The van der Waals surface area contributed by atoms with Crippen molar-refractivity contribution in [2.45, 2.75) is 83.3 Å². The van der Waals surface area contributed by atoms with E-state index in [9.17, 15) is 5.11 Å². The molecule has 6 heteroatoms. The van der Waals surface area contributed by atoms with Gasteiger partial charge in [-0.25, -0.2) is 0 Å². The SMILES string of the molecule is CCCCc1nnc(OC2CCN(C)CC2)cc1-c1ccc(OC2CCCCC2)c(O)c1. The zero-order valence-electron chi connectivity index (χ0n) is 19.6. The van der Waals surface area contributed by atoms with Crippen molar-refractivity contribution in [3.05, 3.63) is 30.0 Å². The fourth-order valence-electron chi connectivity index (χ4n) is 4.66. The van der Waals surface area contributed by atoms with Crippen LogP contribution in [0.1, 0.15) is 70.4 Å². The second kappa shape index (κ2) is 11.0. The Morgan fingerprint density at radius 3 is 2.44 bits per heavy atom. The van der Waals surface area contributed by atoms with Crippen molar-refractivity contribution in [1.29, 1.82) is 0 Å². The fraction of sp³-hybridized carbons (Fsp3) is 0.615. The van der Waals surface area contributed by atoms with Gasteiger partial charge in [0.15, 0.2) is 11.5 Å². The number of phenolic OH excluding ortho intramolecular Hbond substituents is 1. The van der Waals surface area contributed by atoms with Gasteiger partial charge in [-0.15, -0.1) is 5.10 Å². The van der Waals surface area contributed by atoms with Crippen LogP contribution in [0.3, 0.4) is 0 Å². The van der Waals surface area contributed by atoms with Crippen LogP contribution in [0.15, 0.2) is 24.3 Å². The lowest BCUT2D eigenvalue weighted by molar-refractivity contribution is 0.109. The molecule has 0 atom stereocenters. The van der Waals surface area contributed by atoms with Gasteiger partial charge < -0.3 is 19.5 Å². The summed E-state index contributed by atoms with van der Waals surface area (Å²) in [4.78, 5) is 2.32. The summed E-state index contributed by atoms with van der Waals surface area (Å²) in [5, 5.41) is 19.6. The summed E-state index contributed by atoms with van der Waals surface area (Å²) >= 11 is 0. The van der Waals surface area contributed by atoms with Crippen LogP contribution in [-0.4, -0.2) is 52.5 Å². The molecular weight excluding hydrogens is 402 g/mol. The van der Waals surface area contributed by atoms with E-state index in [1.165, 1.54) is 19.3 Å². The van der Waals surface area contributed by atoms with Crippen LogP contribution in [0, 0.1) is 0 Å². The highest BCUT2D eigenvalue weighted by atomic mass is 16.5. The standard InChI is InChI=1S/C26H37N3O3/c1-3-4-10-23-22(18-26(28-27-23)32-21-13-15-29(2)16-14-21)19-11-12-25(24(30)17-19)31-20-8-6-5-7-9-20/h11-12,17-18,20-21,30H,3-10,13-16H2,1-2H3. The molecule has 2 heterocycles. The molecule has 6 nitrogen and oxygen atoms in total. The second-order valence-corrected chi connectivity index (χ2v) is 9.33. The number of likely N-dealkylation sites (tertiary alicyclic amines) is 1. The minimum atomic E-state index is 0.175. The highest BCUT2D eigenvalue weighted by Gasteiger charge is 2.21. The summed E-state index contributed by atoms with van der Waals surface area (Å²) in [5.74, 6) is 1.32. The average molecular weight is 440 g/mol. The average Bonchev–Trinajstić information content (AvgIpc) is 2.82. The molecule has 1 saturated heterocycles. The zero-order valence-corrected chi connectivity index (χ0v) is 19.6. The third-order valence-electron chi connectivity index (χ3n) is 6.68. The number of phenols is 1. The van der Waals surface area contributed by atoms with Crippen LogP contribution in [-0.2, 0) is 6.42 Å². The van der Waals surface area contributed by atoms with Gasteiger partial charge >= 0.3 is 0 Å². The van der Waals surface area contributed by atoms with E-state index in [1.54, 1.807) is 6.07 Å². The molecule has 2 aromatic rings. The Balaban J connectivity index is 1.54. The summed E-state index contributed by atoms with van der Waals surface area (Å²) in [5.41, 5.74) is 2.85. The van der Waals surface area contributed by atoms with Crippen LogP contribution < -0.4 is 9.47 Å². The number of hydrogen-bond donors (Lipinski definition) is 1. The maximum atomic E-state index is 10.7. The van der Waals surface area contributed by atoms with Gasteiger partial charge in [0.05, 0.1) is 11.8 Å². The van der Waals surface area contributed by atoms with Crippen molar-refractivity contribution >= 4 is 0 Å². The fourth-order valence-corrected chi connectivity index (χ4v) is 4.66. The van der Waals surface area contributed by atoms with Crippen molar-refractivity contribution in [2.24, 2.45) is 0 Å². The van der Waals surface area contributed by atoms with E-state index in [4.69, 9.17) is 9.47 Å². The largest absolute Gasteiger partial charge is 0.504 e. The first-order valence-electron chi connectivity index (χ1n) is 12.3. The highest BCUT2D eigenvalue weighted by Crippen LogP contribution is 2.36. The Kier molecular flexibility index (Phi) is 7.85. The number of aromatic hydroxyl groups is 1. The number of aryl methyl sites for hydroxylation is 1. The lowest BCUT2D eigenvalue weighted by atomic mass is 9.97. The van der Waals surface area contributed by atoms with Crippen molar-refractivity contribution in [3.8, 4) is 28.5 Å². The number of nitrogens with zero attached hydrogens (tertiary/aromatic N) is 3. The van der Waals surface area contributed by atoms with Crippen LogP contribution in [0.5, 0.6) is 17.4 Å². The van der Waals surface area contributed by atoms with E-state index in [0.717, 1.165) is 74.9 Å². The molecule has 1 aromatic carbocycles. The second-order valence-electron chi connectivity index (χ2n) is 9.33. The molecule has 0 unspecified atom stereocenters. The number of hydrogen-bond acceptors (Lipinski definition) is 6. The van der Waals surface area contributed by atoms with Gasteiger partial charge in [-0.3, -0.25) is 0 Å². The van der Waals surface area contributed by atoms with Crippen molar-refractivity contribution in [3.63, 3.8) is 0 Å². The Bertz CT molecular complexity index is 875. The molecule has 0 amide bonds. The first kappa shape index (κ1) is 22.8. The number of rotatable bonds is 8. The molecule has 2 aliphatic rings. The smallest absolute Gasteiger partial charge is 0.234 e. The predicted molar refractivity (Wildman–Crippen MR) is 126 cm³/mol. The topological polar surface area (TPSA) is 67.7 Å². The van der Waals surface area contributed by atoms with Crippen LogP contribution >= 0.6 is 0 Å². The Labute approximate surface area is 192 Å². The molecule has 1 N–H and O–H groups in total. The summed E-state index contributed by atoms with van der Waals surface area (Å²) in [6.45, 7) is 4.25. The first-order chi connectivity index (χ1) is 15.6. The molecular formula is C26H37N3O3. The Morgan fingerprint density at radius 1 is 0.969 bits per heavy atom. The molecule has 32 heavy (non-hydrogen) atoms. The van der Waals surface area contributed by atoms with Gasteiger partial charge in [0.25, 0.3) is 0 Å². The summed E-state index contributed by atoms with van der Waals surface area (Å²) in [6.07, 6.45) is 11.2. The summed E-state index contributed by atoms with van der Waals surface area (Å²) in [6, 6.07) is 7.70. The minimum Gasteiger partial charge on any atom is -0.504 e. The number of benzene rings is 1. The van der Waals surface area contributed by atoms with E-state index in [-0.39, 0.29) is 18.0 Å². The number of unbranched alkanes of at least 4 members (excludes halogenated alkanes) is 1. The number of piperidine rings is 1. The Hall–Kier alpha value is -2.34. The van der Waals surface area contributed by atoms with Gasteiger partial charge in [0, 0.05) is 24.7 Å². The van der Waals surface area contributed by atoms with E-state index in [1.807, 2.05) is 18.2 Å². The molecule has 2 fully saturated rings. The van der Waals surface area contributed by atoms with Gasteiger partial charge in [-0.05, 0) is 76.1 Å². The molecule has 0 bridgehead atoms. The molecule has 0 radical (unpaired) electrons. The monoisotopic (exact) mass is 439 g/mol. The third kappa shape index (κ3) is 5.91. The molecule has 0 spiro atoms. The van der Waals surface area contributed by atoms with E-state index >= 15 is 0 Å². The van der Waals surface area contributed by atoms with E-state index < -0.39 is 0 Å². The quantitative estimate of drug-likeness (QED) is 0.596. The molecule has 1 aliphatic heterocycles. The van der Waals surface area contributed by atoms with E-state index in [0.29, 0.717) is 11.6 Å². The van der Waals surface area contributed by atoms with Crippen LogP contribution in [0.4, 0.5) is 0 Å². The van der Waals surface area contributed by atoms with Crippen molar-refractivity contribution < 1.29 is 14.6 Å². The third-order valence-corrected chi connectivity index (χ3v) is 6.68. The van der Waals surface area contributed by atoms with Gasteiger partial charge in [-0.2, -0.15) is 5.10 Å². The lowest BCUT2D eigenvalue weighted by Gasteiger charge is -2.29. The van der Waals surface area contributed by atoms with Crippen molar-refractivity contribution in [1.82, 2.24) is 15.1 Å². The van der Waals surface area contributed by atoms with Gasteiger partial charge in [0.1, 0.15) is 6.10 Å². The molecule has 174 valence electrons. The first-order valence-corrected chi connectivity index (χ1v) is 12.3. The summed E-state index contributed by atoms with van der Waals surface area (Å²) in [7, 11) is 2.14. The zero-order chi connectivity index (χ0) is 22.3. The normalized spacial score (nSPS) is 18.6. The molecule has 4 rings (SSSR count). The van der Waals surface area contributed by atoms with Crippen molar-refractivity contribution in [2.75, 3.05) is 20.1 Å². The minimum absolute atomic E-state index is 0.175. The predicted octanol–water partition coefficient (Wildman–Crippen LogP) is 5.38. The van der Waals surface area contributed by atoms with Crippen LogP contribution in [0.2, 0.25) is 0 Å². The van der Waals surface area contributed by atoms with Crippen LogP contribution in [0.25, 0.3) is 11.1 Å². The number of ether oxygens (including phenoxy) is 2. The molecule has 1 aliphatic carbocycles. The maximum absolute atomic E-state index is 10.7. The Morgan fingerprint density at radius 2 is 1.72 bits per heavy atom. The molecule has 1 aromatic heterocycles. The highest BCUT2D eigenvalue weighted by molar-refractivity contribution is 5.69. The lowest BCUT2D eigenvalue weighted by Crippen LogP contribution is -2.35. The summed E-state index contributed by atoms with van der Waals surface area (Å²) < 4.78 is 12.3. The maximum Gasteiger partial charge on any atom is 0.234 e. The van der Waals surface area contributed by atoms with Gasteiger partial charge in [-0.1, -0.05) is 25.8 Å². The van der Waals surface area contributed by atoms with Gasteiger partial charge in [0.2, 0.25) is 5.88 Å². The van der Waals surface area contributed by atoms with E-state index in [2.05, 4.69) is 29.1 Å². The molecule has 1 saturated carbocycles.